The van der Waals surface area contributed by atoms with Gasteiger partial charge in [0.15, 0.2) is 12.1 Å². The first-order chi connectivity index (χ1) is 27.6. The van der Waals surface area contributed by atoms with Crippen molar-refractivity contribution in [2.75, 3.05) is 41.0 Å². The third kappa shape index (κ3) is 39.3. The van der Waals surface area contributed by atoms with Crippen LogP contribution >= 0.6 is 0 Å². The molecule has 0 saturated heterocycles. The lowest BCUT2D eigenvalue weighted by Gasteiger charge is -2.31. The number of esters is 2. The van der Waals surface area contributed by atoms with Crippen molar-refractivity contribution in [1.29, 1.82) is 0 Å². The fourth-order valence-corrected chi connectivity index (χ4v) is 7.38. The van der Waals surface area contributed by atoms with Crippen LogP contribution in [0.3, 0.4) is 0 Å². The van der Waals surface area contributed by atoms with Crippen LogP contribution in [0.1, 0.15) is 232 Å². The maximum Gasteiger partial charge on any atom is 0.362 e. The van der Waals surface area contributed by atoms with Gasteiger partial charge in [-0.05, 0) is 38.5 Å². The minimum atomic E-state index is -0.872. The Morgan fingerprint density at radius 1 is 0.509 bits per heavy atom. The summed E-state index contributed by atoms with van der Waals surface area (Å²) in [5.41, 5.74) is 0. The van der Waals surface area contributed by atoms with Crippen molar-refractivity contribution in [1.82, 2.24) is 0 Å². The van der Waals surface area contributed by atoms with Crippen LogP contribution in [0, 0.1) is 0 Å². The van der Waals surface area contributed by atoms with Gasteiger partial charge in [0.2, 0.25) is 0 Å². The molecule has 8 nitrogen and oxygen atoms in total. The Kier molecular flexibility index (Phi) is 39.4. The van der Waals surface area contributed by atoms with Gasteiger partial charge in [0, 0.05) is 19.3 Å². The molecule has 0 rings (SSSR count). The molecule has 0 aromatic carbocycles. The van der Waals surface area contributed by atoms with Gasteiger partial charge in [-0.1, -0.05) is 187 Å². The molecule has 0 aromatic heterocycles. The van der Waals surface area contributed by atoms with E-state index in [-0.39, 0.29) is 36.2 Å². The maximum absolute atomic E-state index is 12.7. The molecule has 57 heavy (non-hydrogen) atoms. The van der Waals surface area contributed by atoms with Crippen LogP contribution in [0.15, 0.2) is 12.2 Å². The number of rotatable bonds is 44. The van der Waals surface area contributed by atoms with Crippen LogP contribution in [0.4, 0.5) is 0 Å². The van der Waals surface area contributed by atoms with Gasteiger partial charge < -0.3 is 23.8 Å². The van der Waals surface area contributed by atoms with E-state index in [0.29, 0.717) is 19.3 Å². The van der Waals surface area contributed by atoms with Crippen molar-refractivity contribution in [3.05, 3.63) is 12.2 Å². The fraction of sp³-hybridized carbons (Fsp3) is 0.898. The molecule has 0 heterocycles. The zero-order chi connectivity index (χ0) is 42.1. The zero-order valence-electron chi connectivity index (χ0n) is 38.3. The number of carbonyl (C=O) groups excluding carboxylic acids is 2. The molecule has 2 atom stereocenters. The van der Waals surface area contributed by atoms with E-state index >= 15 is 0 Å². The number of nitrogens with zero attached hydrogens (tertiary/aromatic N) is 1. The summed E-state index contributed by atoms with van der Waals surface area (Å²) in [4.78, 5) is 37.0. The molecule has 0 aliphatic carbocycles. The summed E-state index contributed by atoms with van der Waals surface area (Å²) >= 11 is 0. The van der Waals surface area contributed by atoms with Crippen LogP contribution in [-0.4, -0.2) is 80.6 Å². The molecule has 0 amide bonds. The monoisotopic (exact) mass is 809 g/mol. The van der Waals surface area contributed by atoms with Crippen LogP contribution in [0.5, 0.6) is 0 Å². The number of allylic oxidation sites excluding steroid dienone is 2. The normalized spacial score (nSPS) is 12.9. The lowest BCUT2D eigenvalue weighted by molar-refractivity contribution is -0.887. The van der Waals surface area contributed by atoms with Crippen molar-refractivity contribution in [2.24, 2.45) is 0 Å². The van der Waals surface area contributed by atoms with Gasteiger partial charge in [-0.25, -0.2) is 4.79 Å². The molecule has 0 fully saturated rings. The predicted molar refractivity (Wildman–Crippen MR) is 239 cm³/mol. The summed E-state index contributed by atoms with van der Waals surface area (Å²) in [5, 5.41) is 9.63. The smallest absolute Gasteiger partial charge is 0.362 e. The summed E-state index contributed by atoms with van der Waals surface area (Å²) < 4.78 is 17.3. The largest absolute Gasteiger partial charge is 0.477 e. The Labute approximate surface area is 352 Å². The van der Waals surface area contributed by atoms with E-state index in [4.69, 9.17) is 14.2 Å². The molecule has 0 aromatic rings. The maximum atomic E-state index is 12.7. The van der Waals surface area contributed by atoms with E-state index < -0.39 is 18.1 Å². The number of carboxylic acid groups (broad SMARTS) is 1. The molecule has 0 spiro atoms. The van der Waals surface area contributed by atoms with Crippen LogP contribution in [0.2, 0.25) is 0 Å². The van der Waals surface area contributed by atoms with Gasteiger partial charge in [0.05, 0.1) is 34.4 Å². The molecular weight excluding hydrogens is 715 g/mol. The third-order valence-corrected chi connectivity index (χ3v) is 11.2. The Balaban J connectivity index is 4.26. The van der Waals surface area contributed by atoms with E-state index in [1.807, 2.05) is 21.1 Å². The SMILES string of the molecule is CCCCCCCCCCC/C=C/CCCCCCCC(=O)OCC(COCCC(C(=O)O)[N+](C)(C)C)OC(=O)CCCCCCCCCCCCCCCCC. The molecule has 0 bridgehead atoms. The third-order valence-electron chi connectivity index (χ3n) is 11.2. The first-order valence-corrected chi connectivity index (χ1v) is 24.2. The molecule has 0 radical (unpaired) electrons. The van der Waals surface area contributed by atoms with E-state index in [1.54, 1.807) is 0 Å². The van der Waals surface area contributed by atoms with Crippen molar-refractivity contribution >= 4 is 17.9 Å². The predicted octanol–water partition coefficient (Wildman–Crippen LogP) is 13.5. The summed E-state index contributed by atoms with van der Waals surface area (Å²) in [6.07, 6.45) is 43.9. The average molecular weight is 809 g/mol. The highest BCUT2D eigenvalue weighted by Crippen LogP contribution is 2.16. The molecule has 1 N–H and O–H groups in total. The molecule has 8 heteroatoms. The average Bonchev–Trinajstić information content (AvgIpc) is 3.17. The highest BCUT2D eigenvalue weighted by atomic mass is 16.6. The van der Waals surface area contributed by atoms with Gasteiger partial charge in [-0.2, -0.15) is 0 Å². The van der Waals surface area contributed by atoms with Crippen molar-refractivity contribution in [2.45, 2.75) is 244 Å². The van der Waals surface area contributed by atoms with Gasteiger partial charge in [0.25, 0.3) is 0 Å². The topological polar surface area (TPSA) is 99.1 Å². The van der Waals surface area contributed by atoms with Gasteiger partial charge in [-0.15, -0.1) is 0 Å². The molecular formula is C49H94NO7+. The number of quaternary nitrogens is 1. The minimum absolute atomic E-state index is 0.0491. The van der Waals surface area contributed by atoms with Crippen molar-refractivity contribution < 1.29 is 38.2 Å². The van der Waals surface area contributed by atoms with Crippen LogP contribution in [0.25, 0.3) is 0 Å². The lowest BCUT2D eigenvalue weighted by atomic mass is 10.0. The lowest BCUT2D eigenvalue weighted by Crippen LogP contribution is -2.50. The zero-order valence-corrected chi connectivity index (χ0v) is 38.3. The molecule has 0 aliphatic heterocycles. The number of carbonyl (C=O) groups is 3. The van der Waals surface area contributed by atoms with Gasteiger partial charge >= 0.3 is 17.9 Å². The Morgan fingerprint density at radius 2 is 0.877 bits per heavy atom. The van der Waals surface area contributed by atoms with Gasteiger partial charge in [-0.3, -0.25) is 9.59 Å². The summed E-state index contributed by atoms with van der Waals surface area (Å²) in [6.45, 7) is 4.76. The molecule has 2 unspecified atom stereocenters. The second-order valence-electron chi connectivity index (χ2n) is 17.7. The highest BCUT2D eigenvalue weighted by molar-refractivity contribution is 5.72. The number of ether oxygens (including phenoxy) is 3. The summed E-state index contributed by atoms with van der Waals surface area (Å²) in [5.74, 6) is -1.46. The quantitative estimate of drug-likeness (QED) is 0.0283. The van der Waals surface area contributed by atoms with E-state index in [1.165, 1.54) is 154 Å². The molecule has 336 valence electrons. The van der Waals surface area contributed by atoms with Crippen molar-refractivity contribution in [3.8, 4) is 0 Å². The summed E-state index contributed by atoms with van der Waals surface area (Å²) in [6, 6.07) is -0.611. The Morgan fingerprint density at radius 3 is 1.26 bits per heavy atom. The van der Waals surface area contributed by atoms with E-state index in [2.05, 4.69) is 26.0 Å². The standard InChI is InChI=1S/C49H93NO7/c1-6-8-10-12-14-16-18-20-22-23-24-26-27-29-31-33-35-37-39-47(51)56-44-45(43-55-42-41-46(49(53)54)50(3,4)5)57-48(52)40-38-36-34-32-30-28-25-21-19-17-15-13-11-9-7-2/h24,26,45-46H,6-23,25,27-44H2,1-5H3/p+1/b26-24+. The minimum Gasteiger partial charge on any atom is -0.477 e. The fourth-order valence-electron chi connectivity index (χ4n) is 7.38. The summed E-state index contributed by atoms with van der Waals surface area (Å²) in [7, 11) is 5.54. The number of likely N-dealkylation sites (N-methyl/N-ethyl adjacent to an activating group) is 1. The van der Waals surface area contributed by atoms with Crippen LogP contribution in [-0.2, 0) is 28.6 Å². The van der Waals surface area contributed by atoms with Crippen molar-refractivity contribution in [3.63, 3.8) is 0 Å². The number of aliphatic carboxylic acids is 1. The second kappa shape index (κ2) is 40.8. The van der Waals surface area contributed by atoms with Crippen LogP contribution < -0.4 is 0 Å². The first-order valence-electron chi connectivity index (χ1n) is 24.2. The number of unbranched alkanes of at least 4 members (excludes halogenated alkanes) is 28. The first kappa shape index (κ1) is 55.1. The van der Waals surface area contributed by atoms with E-state index in [0.717, 1.165) is 44.9 Å². The number of carboxylic acids is 1. The Bertz CT molecular complexity index is 947. The molecule has 0 aliphatic rings. The second-order valence-corrected chi connectivity index (χ2v) is 17.7. The van der Waals surface area contributed by atoms with Gasteiger partial charge in [0.1, 0.15) is 6.61 Å². The number of hydrogen-bond donors (Lipinski definition) is 1. The Hall–Kier alpha value is -1.93. The highest BCUT2D eigenvalue weighted by Gasteiger charge is 2.31. The number of hydrogen-bond acceptors (Lipinski definition) is 6. The molecule has 0 saturated carbocycles. The van der Waals surface area contributed by atoms with E-state index in [9.17, 15) is 19.5 Å².